The van der Waals surface area contributed by atoms with E-state index in [-0.39, 0.29) is 17.9 Å². The average molecular weight is 412 g/mol. The zero-order valence-electron chi connectivity index (χ0n) is 16.5. The molecule has 0 saturated heterocycles. The van der Waals surface area contributed by atoms with E-state index in [2.05, 4.69) is 26.4 Å². The smallest absolute Gasteiger partial charge is 0.223 e. The molecule has 3 aromatic rings. The van der Waals surface area contributed by atoms with Gasteiger partial charge >= 0.3 is 0 Å². The highest BCUT2D eigenvalue weighted by Crippen LogP contribution is 2.33. The highest BCUT2D eigenvalue weighted by atomic mass is 32.1. The predicted octanol–water partition coefficient (Wildman–Crippen LogP) is 3.39. The van der Waals surface area contributed by atoms with Gasteiger partial charge in [-0.2, -0.15) is 5.10 Å². The lowest BCUT2D eigenvalue weighted by Crippen LogP contribution is -2.37. The van der Waals surface area contributed by atoms with Crippen molar-refractivity contribution in [3.05, 3.63) is 42.3 Å². The minimum Gasteiger partial charge on any atom is -0.381 e. The number of carbonyl (C=O) groups is 1. The number of hydrogen-bond donors (Lipinski definition) is 1. The Morgan fingerprint density at radius 1 is 1.34 bits per heavy atom. The quantitative estimate of drug-likeness (QED) is 0.644. The Bertz CT molecular complexity index is 926. The summed E-state index contributed by atoms with van der Waals surface area (Å²) < 4.78 is 7.38. The molecule has 1 saturated carbocycles. The molecule has 0 bridgehead atoms. The molecular formula is C21H25N5O2S. The van der Waals surface area contributed by atoms with Gasteiger partial charge in [-0.25, -0.2) is 0 Å². The Morgan fingerprint density at radius 2 is 2.28 bits per heavy atom. The van der Waals surface area contributed by atoms with Crippen molar-refractivity contribution >= 4 is 17.2 Å². The van der Waals surface area contributed by atoms with Gasteiger partial charge in [0.1, 0.15) is 0 Å². The Morgan fingerprint density at radius 3 is 3.03 bits per heavy atom. The van der Waals surface area contributed by atoms with Crippen LogP contribution in [-0.2, 0) is 16.1 Å². The number of nitrogens with one attached hydrogen (secondary N) is 1. The number of rotatable bonds is 7. The second kappa shape index (κ2) is 9.28. The van der Waals surface area contributed by atoms with Gasteiger partial charge in [0, 0.05) is 37.5 Å². The van der Waals surface area contributed by atoms with E-state index in [9.17, 15) is 4.79 Å². The summed E-state index contributed by atoms with van der Waals surface area (Å²) in [4.78, 5) is 22.3. The molecule has 8 heteroatoms. The molecule has 1 N–H and O–H groups in total. The van der Waals surface area contributed by atoms with Gasteiger partial charge in [-0.3, -0.25) is 19.4 Å². The van der Waals surface area contributed by atoms with Crippen LogP contribution in [0, 0.1) is 5.92 Å². The fraction of sp³-hybridized carbons (Fsp3) is 0.429. The second-order valence-electron chi connectivity index (χ2n) is 7.21. The summed E-state index contributed by atoms with van der Waals surface area (Å²) in [7, 11) is 1.73. The minimum atomic E-state index is 0.0400. The molecule has 1 aliphatic carbocycles. The molecule has 2 atom stereocenters. The van der Waals surface area contributed by atoms with Crippen LogP contribution in [0.25, 0.3) is 21.8 Å². The van der Waals surface area contributed by atoms with Gasteiger partial charge in [0.05, 0.1) is 41.3 Å². The first-order valence-corrected chi connectivity index (χ1v) is 10.8. The first kappa shape index (κ1) is 19.7. The molecule has 0 spiro atoms. The van der Waals surface area contributed by atoms with Crippen LogP contribution >= 0.6 is 11.3 Å². The average Bonchev–Trinajstić information content (AvgIpc) is 3.44. The molecule has 29 heavy (non-hydrogen) atoms. The number of methoxy groups -OCH3 is 1. The van der Waals surface area contributed by atoms with Crippen molar-refractivity contribution in [2.45, 2.75) is 38.3 Å². The second-order valence-corrected chi connectivity index (χ2v) is 8.16. The Balaban J connectivity index is 1.45. The zero-order chi connectivity index (χ0) is 20.1. The normalized spacial score (nSPS) is 19.2. The minimum absolute atomic E-state index is 0.0400. The largest absolute Gasteiger partial charge is 0.381 e. The summed E-state index contributed by atoms with van der Waals surface area (Å²) >= 11 is 1.66. The van der Waals surface area contributed by atoms with E-state index in [4.69, 9.17) is 4.74 Å². The summed E-state index contributed by atoms with van der Waals surface area (Å²) in [6.07, 6.45) is 10.9. The summed E-state index contributed by atoms with van der Waals surface area (Å²) in [5.74, 6) is 0.156. The predicted molar refractivity (Wildman–Crippen MR) is 112 cm³/mol. The van der Waals surface area contributed by atoms with E-state index >= 15 is 0 Å². The summed E-state index contributed by atoms with van der Waals surface area (Å²) in [6.45, 7) is 1.13. The van der Waals surface area contributed by atoms with E-state index < -0.39 is 0 Å². The highest BCUT2D eigenvalue weighted by molar-refractivity contribution is 7.13. The van der Waals surface area contributed by atoms with Crippen molar-refractivity contribution in [1.29, 1.82) is 0 Å². The van der Waals surface area contributed by atoms with E-state index in [1.165, 1.54) is 0 Å². The maximum absolute atomic E-state index is 12.6. The molecule has 0 aliphatic heterocycles. The number of hydrogen-bond acceptors (Lipinski definition) is 6. The Labute approximate surface area is 174 Å². The zero-order valence-corrected chi connectivity index (χ0v) is 17.3. The number of nitrogens with zero attached hydrogens (tertiary/aromatic N) is 4. The molecule has 3 aromatic heterocycles. The summed E-state index contributed by atoms with van der Waals surface area (Å²) in [5.41, 5.74) is 2.74. The van der Waals surface area contributed by atoms with Crippen LogP contribution in [0.15, 0.2) is 42.3 Å². The SMILES string of the molecule is COC1CCCC(C(=O)NCCn2ncc(-c3cnccn3)c2-c2cccs2)C1. The van der Waals surface area contributed by atoms with Gasteiger partial charge in [-0.15, -0.1) is 11.3 Å². The maximum atomic E-state index is 12.6. The lowest BCUT2D eigenvalue weighted by atomic mass is 9.86. The monoisotopic (exact) mass is 411 g/mol. The molecular weight excluding hydrogens is 386 g/mol. The van der Waals surface area contributed by atoms with Crippen LogP contribution in [0.4, 0.5) is 0 Å². The molecule has 7 nitrogen and oxygen atoms in total. The van der Waals surface area contributed by atoms with Crippen LogP contribution in [-0.4, -0.2) is 45.4 Å². The van der Waals surface area contributed by atoms with Crippen LogP contribution < -0.4 is 5.32 Å². The first-order valence-electron chi connectivity index (χ1n) is 9.93. The molecule has 1 aliphatic rings. The fourth-order valence-corrected chi connectivity index (χ4v) is 4.67. The number of amides is 1. The molecule has 3 heterocycles. The van der Waals surface area contributed by atoms with E-state index in [1.807, 2.05) is 22.3 Å². The third kappa shape index (κ3) is 4.54. The molecule has 152 valence electrons. The maximum Gasteiger partial charge on any atom is 0.223 e. The molecule has 0 radical (unpaired) electrons. The fourth-order valence-electron chi connectivity index (χ4n) is 3.88. The summed E-state index contributed by atoms with van der Waals surface area (Å²) in [6, 6.07) is 4.10. The lowest BCUT2D eigenvalue weighted by Gasteiger charge is -2.27. The molecule has 1 amide bonds. The van der Waals surface area contributed by atoms with Crippen LogP contribution in [0.5, 0.6) is 0 Å². The van der Waals surface area contributed by atoms with Gasteiger partial charge in [-0.05, 0) is 30.7 Å². The van der Waals surface area contributed by atoms with Crippen LogP contribution in [0.1, 0.15) is 25.7 Å². The van der Waals surface area contributed by atoms with Crippen molar-refractivity contribution in [2.24, 2.45) is 5.92 Å². The first-order chi connectivity index (χ1) is 14.3. The third-order valence-electron chi connectivity index (χ3n) is 5.39. The van der Waals surface area contributed by atoms with Gasteiger partial charge in [0.15, 0.2) is 0 Å². The van der Waals surface area contributed by atoms with Gasteiger partial charge < -0.3 is 10.1 Å². The van der Waals surface area contributed by atoms with Gasteiger partial charge in [0.2, 0.25) is 5.91 Å². The number of aromatic nitrogens is 4. The van der Waals surface area contributed by atoms with E-state index in [1.54, 1.807) is 37.0 Å². The van der Waals surface area contributed by atoms with Crippen molar-refractivity contribution in [1.82, 2.24) is 25.1 Å². The molecule has 0 aromatic carbocycles. The molecule has 4 rings (SSSR count). The lowest BCUT2D eigenvalue weighted by molar-refractivity contribution is -0.127. The summed E-state index contributed by atoms with van der Waals surface area (Å²) in [5, 5.41) is 9.70. The Hall–Kier alpha value is -2.58. The standard InChI is InChI=1S/C21H25N5O2S/c1-28-16-5-2-4-15(12-16)21(27)24-9-10-26-20(19-6-3-11-29-19)17(13-25-26)18-14-22-7-8-23-18/h3,6-8,11,13-16H,2,4-5,9-10,12H2,1H3,(H,24,27). The number of carbonyl (C=O) groups excluding carboxylic acids is 1. The van der Waals surface area contributed by atoms with E-state index in [0.29, 0.717) is 13.1 Å². The van der Waals surface area contributed by atoms with Crippen molar-refractivity contribution in [3.8, 4) is 21.8 Å². The van der Waals surface area contributed by atoms with E-state index in [0.717, 1.165) is 47.5 Å². The highest BCUT2D eigenvalue weighted by Gasteiger charge is 2.27. The molecule has 1 fully saturated rings. The molecule has 2 unspecified atom stereocenters. The van der Waals surface area contributed by atoms with Gasteiger partial charge in [0.25, 0.3) is 0 Å². The Kier molecular flexibility index (Phi) is 6.31. The number of thiophene rings is 1. The third-order valence-corrected chi connectivity index (χ3v) is 6.26. The van der Waals surface area contributed by atoms with Crippen molar-refractivity contribution < 1.29 is 9.53 Å². The van der Waals surface area contributed by atoms with Crippen LogP contribution in [0.3, 0.4) is 0 Å². The van der Waals surface area contributed by atoms with Crippen LogP contribution in [0.2, 0.25) is 0 Å². The van der Waals surface area contributed by atoms with Gasteiger partial charge in [-0.1, -0.05) is 12.5 Å². The topological polar surface area (TPSA) is 81.9 Å². The number of ether oxygens (including phenoxy) is 1. The van der Waals surface area contributed by atoms with Crippen molar-refractivity contribution in [3.63, 3.8) is 0 Å². The van der Waals surface area contributed by atoms with Crippen molar-refractivity contribution in [2.75, 3.05) is 13.7 Å².